The lowest BCUT2D eigenvalue weighted by molar-refractivity contribution is 0.102. The minimum Gasteiger partial charge on any atom is -0.288 e. The normalized spacial score (nSPS) is 10.2. The van der Waals surface area contributed by atoms with Crippen LogP contribution in [0.15, 0.2) is 22.8 Å². The van der Waals surface area contributed by atoms with Crippen LogP contribution in [-0.4, -0.2) is 26.1 Å². The van der Waals surface area contributed by atoms with E-state index in [4.69, 9.17) is 0 Å². The van der Waals surface area contributed by atoms with E-state index in [1.165, 1.54) is 0 Å². The van der Waals surface area contributed by atoms with E-state index in [9.17, 15) is 4.79 Å². The average molecular weight is 308 g/mol. The summed E-state index contributed by atoms with van der Waals surface area (Å²) in [5, 5.41) is 10.2. The van der Waals surface area contributed by atoms with Gasteiger partial charge in [-0.3, -0.25) is 10.1 Å². The highest BCUT2D eigenvalue weighted by molar-refractivity contribution is 9.10. The Balaban J connectivity index is 2.16. The molecule has 0 spiro atoms. The highest BCUT2D eigenvalue weighted by Crippen LogP contribution is 2.09. The molecule has 7 heteroatoms. The summed E-state index contributed by atoms with van der Waals surface area (Å²) in [5.74, 6) is -0.194. The van der Waals surface area contributed by atoms with Crippen molar-refractivity contribution in [2.24, 2.45) is 0 Å². The molecule has 92 valence electrons. The summed E-state index contributed by atoms with van der Waals surface area (Å²) in [4.78, 5) is 19.9. The molecule has 6 nitrogen and oxygen atoms in total. The first-order valence-corrected chi connectivity index (χ1v) is 5.96. The Morgan fingerprint density at radius 2 is 2.00 bits per heavy atom. The number of pyridine rings is 1. The number of nitrogens with zero attached hydrogens (tertiary/aromatic N) is 4. The Bertz CT molecular complexity index is 584. The van der Waals surface area contributed by atoms with E-state index in [0.29, 0.717) is 5.69 Å². The fourth-order valence-electron chi connectivity index (χ4n) is 1.19. The molecule has 2 heterocycles. The molecule has 2 aromatic heterocycles. The lowest BCUT2D eigenvalue weighted by Gasteiger charge is -2.04. The molecule has 1 N–H and O–H groups in total. The second-order valence-corrected chi connectivity index (χ2v) is 4.54. The van der Waals surface area contributed by atoms with E-state index in [1.807, 2.05) is 0 Å². The molecule has 0 aliphatic heterocycles. The third kappa shape index (κ3) is 2.86. The standard InChI is InChI=1S/C11H10BrN5O/c1-6-7(2)16-17-11(14-6)15-10(18)9-4-3-8(12)5-13-9/h3-5H,1-2H3,(H,14,15,17,18). The first-order valence-electron chi connectivity index (χ1n) is 5.17. The Labute approximate surface area is 112 Å². The number of aryl methyl sites for hydroxylation is 2. The third-order valence-electron chi connectivity index (χ3n) is 2.28. The number of hydrogen-bond acceptors (Lipinski definition) is 5. The van der Waals surface area contributed by atoms with Gasteiger partial charge in [-0.1, -0.05) is 0 Å². The summed E-state index contributed by atoms with van der Waals surface area (Å²) in [5.41, 5.74) is 1.75. The molecule has 1 amide bonds. The van der Waals surface area contributed by atoms with Gasteiger partial charge in [-0.2, -0.15) is 5.10 Å². The van der Waals surface area contributed by atoms with Gasteiger partial charge in [0.05, 0.1) is 11.4 Å². The molecule has 0 aliphatic rings. The second-order valence-electron chi connectivity index (χ2n) is 3.62. The molecule has 2 rings (SSSR count). The third-order valence-corrected chi connectivity index (χ3v) is 2.75. The van der Waals surface area contributed by atoms with Crippen molar-refractivity contribution < 1.29 is 4.79 Å². The second kappa shape index (κ2) is 5.18. The van der Waals surface area contributed by atoms with Crippen LogP contribution in [0.4, 0.5) is 5.95 Å². The molecular weight excluding hydrogens is 298 g/mol. The van der Waals surface area contributed by atoms with Gasteiger partial charge in [-0.25, -0.2) is 9.97 Å². The van der Waals surface area contributed by atoms with Gasteiger partial charge >= 0.3 is 0 Å². The molecule has 2 aromatic rings. The van der Waals surface area contributed by atoms with E-state index in [-0.39, 0.29) is 11.9 Å². The van der Waals surface area contributed by atoms with Crippen LogP contribution >= 0.6 is 15.9 Å². The van der Waals surface area contributed by atoms with Crippen molar-refractivity contribution in [1.29, 1.82) is 0 Å². The zero-order valence-electron chi connectivity index (χ0n) is 9.81. The van der Waals surface area contributed by atoms with E-state index < -0.39 is 0 Å². The van der Waals surface area contributed by atoms with Crippen LogP contribution in [0.25, 0.3) is 0 Å². The number of carbonyl (C=O) groups excluding carboxylic acids is 1. The number of halogens is 1. The summed E-state index contributed by atoms with van der Waals surface area (Å²) in [7, 11) is 0. The maximum Gasteiger partial charge on any atom is 0.276 e. The largest absolute Gasteiger partial charge is 0.288 e. The minimum absolute atomic E-state index is 0.174. The maximum atomic E-state index is 11.8. The predicted molar refractivity (Wildman–Crippen MR) is 69.2 cm³/mol. The molecule has 18 heavy (non-hydrogen) atoms. The van der Waals surface area contributed by atoms with E-state index in [2.05, 4.69) is 41.4 Å². The maximum absolute atomic E-state index is 11.8. The quantitative estimate of drug-likeness (QED) is 0.916. The first-order chi connectivity index (χ1) is 8.56. The average Bonchev–Trinajstić information content (AvgIpc) is 2.34. The molecule has 0 atom stereocenters. The molecule has 0 aromatic carbocycles. The Kier molecular flexibility index (Phi) is 3.61. The van der Waals surface area contributed by atoms with Gasteiger partial charge in [-0.15, -0.1) is 5.10 Å². The number of carbonyl (C=O) groups is 1. The lowest BCUT2D eigenvalue weighted by Crippen LogP contribution is -2.16. The van der Waals surface area contributed by atoms with Crippen LogP contribution in [0.2, 0.25) is 0 Å². The van der Waals surface area contributed by atoms with Gasteiger partial charge < -0.3 is 0 Å². The molecule has 0 unspecified atom stereocenters. The van der Waals surface area contributed by atoms with E-state index in [1.54, 1.807) is 32.2 Å². The topological polar surface area (TPSA) is 80.7 Å². The molecule has 0 saturated heterocycles. The van der Waals surface area contributed by atoms with Gasteiger partial charge in [0.1, 0.15) is 5.69 Å². The Hall–Kier alpha value is -1.89. The fraction of sp³-hybridized carbons (Fsp3) is 0.182. The van der Waals surface area contributed by atoms with Crippen LogP contribution in [-0.2, 0) is 0 Å². The molecule has 0 fully saturated rings. The minimum atomic E-state index is -0.368. The Morgan fingerprint density at radius 1 is 1.22 bits per heavy atom. The van der Waals surface area contributed by atoms with Crippen LogP contribution in [0, 0.1) is 13.8 Å². The van der Waals surface area contributed by atoms with Crippen molar-refractivity contribution in [2.75, 3.05) is 5.32 Å². The van der Waals surface area contributed by atoms with Gasteiger partial charge in [0.2, 0.25) is 5.95 Å². The van der Waals surface area contributed by atoms with Gasteiger partial charge in [0.25, 0.3) is 5.91 Å². The molecule has 0 radical (unpaired) electrons. The van der Waals surface area contributed by atoms with Gasteiger partial charge in [-0.05, 0) is 41.9 Å². The van der Waals surface area contributed by atoms with Gasteiger partial charge in [0, 0.05) is 10.7 Å². The summed E-state index contributed by atoms with van der Waals surface area (Å²) >= 11 is 3.25. The van der Waals surface area contributed by atoms with Crippen LogP contribution in [0.3, 0.4) is 0 Å². The molecule has 0 saturated carbocycles. The van der Waals surface area contributed by atoms with Crippen LogP contribution < -0.4 is 5.32 Å². The number of rotatable bonds is 2. The van der Waals surface area contributed by atoms with Crippen molar-refractivity contribution in [2.45, 2.75) is 13.8 Å². The first kappa shape index (κ1) is 12.6. The zero-order chi connectivity index (χ0) is 13.1. The fourth-order valence-corrected chi connectivity index (χ4v) is 1.42. The van der Waals surface area contributed by atoms with E-state index in [0.717, 1.165) is 15.9 Å². The highest BCUT2D eigenvalue weighted by atomic mass is 79.9. The molecule has 0 aliphatic carbocycles. The number of aromatic nitrogens is 4. The molecule has 0 bridgehead atoms. The highest BCUT2D eigenvalue weighted by Gasteiger charge is 2.10. The van der Waals surface area contributed by atoms with Crippen molar-refractivity contribution >= 4 is 27.8 Å². The van der Waals surface area contributed by atoms with Crippen molar-refractivity contribution in [3.05, 3.63) is 39.9 Å². The number of amides is 1. The number of hydrogen-bond donors (Lipinski definition) is 1. The summed E-state index contributed by atoms with van der Waals surface area (Å²) in [6, 6.07) is 3.34. The van der Waals surface area contributed by atoms with E-state index >= 15 is 0 Å². The van der Waals surface area contributed by atoms with Crippen molar-refractivity contribution in [3.63, 3.8) is 0 Å². The van der Waals surface area contributed by atoms with Crippen LogP contribution in [0.5, 0.6) is 0 Å². The van der Waals surface area contributed by atoms with Gasteiger partial charge in [0.15, 0.2) is 0 Å². The monoisotopic (exact) mass is 307 g/mol. The Morgan fingerprint density at radius 3 is 2.61 bits per heavy atom. The lowest BCUT2D eigenvalue weighted by atomic mass is 10.3. The molecular formula is C11H10BrN5O. The summed E-state index contributed by atoms with van der Waals surface area (Å²) in [6.45, 7) is 3.61. The van der Waals surface area contributed by atoms with Crippen molar-refractivity contribution in [1.82, 2.24) is 20.2 Å². The van der Waals surface area contributed by atoms with Crippen LogP contribution in [0.1, 0.15) is 21.9 Å². The summed E-state index contributed by atoms with van der Waals surface area (Å²) in [6.07, 6.45) is 1.55. The smallest absolute Gasteiger partial charge is 0.276 e. The number of anilines is 1. The number of nitrogens with one attached hydrogen (secondary N) is 1. The SMILES string of the molecule is Cc1nnc(NC(=O)c2ccc(Br)cn2)nc1C. The van der Waals surface area contributed by atoms with Crippen molar-refractivity contribution in [3.8, 4) is 0 Å². The summed E-state index contributed by atoms with van der Waals surface area (Å²) < 4.78 is 0.808. The predicted octanol–water partition coefficient (Wildman–Crippen LogP) is 1.90. The zero-order valence-corrected chi connectivity index (χ0v) is 11.4.